The van der Waals surface area contributed by atoms with Gasteiger partial charge < -0.3 is 5.73 Å². The molecule has 0 amide bonds. The fraction of sp³-hybridized carbons (Fsp3) is 0.417. The summed E-state index contributed by atoms with van der Waals surface area (Å²) < 4.78 is 13.0. The van der Waals surface area contributed by atoms with Crippen molar-refractivity contribution in [2.45, 2.75) is 25.1 Å². The number of thiazole rings is 1. The van der Waals surface area contributed by atoms with E-state index in [1.165, 1.54) is 0 Å². The van der Waals surface area contributed by atoms with Crippen molar-refractivity contribution in [2.24, 2.45) is 5.73 Å². The van der Waals surface area contributed by atoms with E-state index >= 15 is 0 Å². The van der Waals surface area contributed by atoms with Crippen LogP contribution in [0.15, 0.2) is 24.3 Å². The van der Waals surface area contributed by atoms with E-state index in [4.69, 9.17) is 5.73 Å². The van der Waals surface area contributed by atoms with E-state index in [2.05, 4.69) is 4.98 Å². The highest BCUT2D eigenvalue weighted by Crippen LogP contribution is 2.22. The average molecular weight is 268 g/mol. The predicted molar refractivity (Wildman–Crippen MR) is 74.6 cm³/mol. The third kappa shape index (κ3) is 3.59. The van der Waals surface area contributed by atoms with E-state index in [9.17, 15) is 4.21 Å². The summed E-state index contributed by atoms with van der Waals surface area (Å²) in [5.41, 5.74) is 6.45. The molecule has 2 N–H and O–H groups in total. The van der Waals surface area contributed by atoms with Crippen molar-refractivity contribution in [2.75, 3.05) is 5.75 Å². The molecular formula is C12H16N2OS2. The second-order valence-corrected chi connectivity index (χ2v) is 7.36. The number of benzene rings is 1. The van der Waals surface area contributed by atoms with Crippen molar-refractivity contribution in [3.63, 3.8) is 0 Å². The number of hydrogen-bond donors (Lipinski definition) is 1. The largest absolute Gasteiger partial charge is 0.325 e. The molecule has 17 heavy (non-hydrogen) atoms. The zero-order valence-corrected chi connectivity index (χ0v) is 11.6. The third-order valence-electron chi connectivity index (χ3n) is 2.16. The van der Waals surface area contributed by atoms with Gasteiger partial charge in [0.2, 0.25) is 0 Å². The maximum absolute atomic E-state index is 11.9. The Kier molecular flexibility index (Phi) is 3.61. The summed E-state index contributed by atoms with van der Waals surface area (Å²) in [5.74, 6) is 1.00. The molecule has 3 nitrogen and oxygen atoms in total. The maximum atomic E-state index is 11.9. The molecule has 2 rings (SSSR count). The fourth-order valence-electron chi connectivity index (χ4n) is 1.59. The van der Waals surface area contributed by atoms with Crippen LogP contribution in [0.1, 0.15) is 18.9 Å². The zero-order valence-electron chi connectivity index (χ0n) is 9.97. The number of aromatic nitrogens is 1. The van der Waals surface area contributed by atoms with Gasteiger partial charge in [-0.15, -0.1) is 11.3 Å². The Morgan fingerprint density at radius 2 is 2.12 bits per heavy atom. The van der Waals surface area contributed by atoms with Crippen molar-refractivity contribution < 1.29 is 4.21 Å². The van der Waals surface area contributed by atoms with Gasteiger partial charge in [0.05, 0.1) is 16.0 Å². The van der Waals surface area contributed by atoms with Crippen molar-refractivity contribution >= 4 is 32.4 Å². The molecule has 2 aromatic rings. The van der Waals surface area contributed by atoms with Gasteiger partial charge in [-0.05, 0) is 26.0 Å². The summed E-state index contributed by atoms with van der Waals surface area (Å²) in [6.07, 6.45) is 0. The van der Waals surface area contributed by atoms with Crippen LogP contribution in [0.5, 0.6) is 0 Å². The zero-order chi connectivity index (χ0) is 12.5. The summed E-state index contributed by atoms with van der Waals surface area (Å²) >= 11 is 1.61. The molecule has 0 saturated carbocycles. The summed E-state index contributed by atoms with van der Waals surface area (Å²) in [5, 5.41) is 0.925. The van der Waals surface area contributed by atoms with Crippen molar-refractivity contribution in [3.8, 4) is 0 Å². The Bertz CT molecular complexity index is 510. The molecule has 0 bridgehead atoms. The molecular weight excluding hydrogens is 252 g/mol. The lowest BCUT2D eigenvalue weighted by molar-refractivity contribution is 0.577. The normalized spacial score (nSPS) is 14.1. The highest BCUT2D eigenvalue weighted by atomic mass is 32.2. The van der Waals surface area contributed by atoms with Crippen LogP contribution in [-0.4, -0.2) is 20.5 Å². The molecule has 1 unspecified atom stereocenters. The molecule has 0 aliphatic rings. The molecule has 0 fully saturated rings. The lowest BCUT2D eigenvalue weighted by Crippen LogP contribution is -2.38. The molecule has 0 radical (unpaired) electrons. The molecule has 1 heterocycles. The summed E-state index contributed by atoms with van der Waals surface area (Å²) in [7, 11) is -0.944. The Balaban J connectivity index is 2.11. The highest BCUT2D eigenvalue weighted by Gasteiger charge is 2.16. The number of nitrogens with two attached hydrogens (primary N) is 1. The first-order chi connectivity index (χ1) is 7.94. The van der Waals surface area contributed by atoms with Gasteiger partial charge in [-0.2, -0.15) is 0 Å². The van der Waals surface area contributed by atoms with Crippen LogP contribution in [0.2, 0.25) is 0 Å². The first-order valence-electron chi connectivity index (χ1n) is 5.42. The van der Waals surface area contributed by atoms with Gasteiger partial charge in [0.1, 0.15) is 5.01 Å². The number of rotatable bonds is 4. The SMILES string of the molecule is CC(C)(N)CS(=O)Cc1nc2ccccc2s1. The second-order valence-electron chi connectivity index (χ2n) is 4.79. The van der Waals surface area contributed by atoms with Crippen LogP contribution in [0.25, 0.3) is 10.2 Å². The predicted octanol–water partition coefficient (Wildman–Crippen LogP) is 2.28. The number of fused-ring (bicyclic) bond motifs is 1. The monoisotopic (exact) mass is 268 g/mol. The van der Waals surface area contributed by atoms with Crippen LogP contribution < -0.4 is 5.73 Å². The van der Waals surface area contributed by atoms with Gasteiger partial charge in [-0.3, -0.25) is 4.21 Å². The van der Waals surface area contributed by atoms with E-state index in [1.807, 2.05) is 38.1 Å². The molecule has 5 heteroatoms. The van der Waals surface area contributed by atoms with Gasteiger partial charge in [0.25, 0.3) is 0 Å². The van der Waals surface area contributed by atoms with Crippen LogP contribution in [0.4, 0.5) is 0 Å². The minimum atomic E-state index is -0.944. The van der Waals surface area contributed by atoms with Crippen molar-refractivity contribution in [1.82, 2.24) is 4.98 Å². The Morgan fingerprint density at radius 1 is 1.41 bits per heavy atom. The third-order valence-corrected chi connectivity index (χ3v) is 5.04. The average Bonchev–Trinajstić information content (AvgIpc) is 2.55. The molecule has 1 aromatic carbocycles. The molecule has 0 aliphatic heterocycles. The molecule has 92 valence electrons. The van der Waals surface area contributed by atoms with Crippen LogP contribution in [0.3, 0.4) is 0 Å². The van der Waals surface area contributed by atoms with E-state index in [1.54, 1.807) is 11.3 Å². The number of para-hydroxylation sites is 1. The Morgan fingerprint density at radius 3 is 2.76 bits per heavy atom. The van der Waals surface area contributed by atoms with E-state index in [-0.39, 0.29) is 5.54 Å². The highest BCUT2D eigenvalue weighted by molar-refractivity contribution is 7.84. The van der Waals surface area contributed by atoms with Gasteiger partial charge in [0, 0.05) is 22.1 Å². The lowest BCUT2D eigenvalue weighted by Gasteiger charge is -2.16. The fourth-order valence-corrected chi connectivity index (χ4v) is 4.25. The molecule has 1 aromatic heterocycles. The van der Waals surface area contributed by atoms with Crippen molar-refractivity contribution in [3.05, 3.63) is 29.3 Å². The smallest absolute Gasteiger partial charge is 0.106 e. The molecule has 1 atom stereocenters. The quantitative estimate of drug-likeness (QED) is 0.925. The summed E-state index contributed by atoms with van der Waals surface area (Å²) in [4.78, 5) is 4.47. The molecule has 0 aliphatic carbocycles. The Labute approximate surface area is 108 Å². The summed E-state index contributed by atoms with van der Waals surface area (Å²) in [6, 6.07) is 7.97. The minimum absolute atomic E-state index is 0.387. The first-order valence-corrected chi connectivity index (χ1v) is 7.73. The second kappa shape index (κ2) is 4.84. The van der Waals surface area contributed by atoms with Gasteiger partial charge in [-0.25, -0.2) is 4.98 Å². The van der Waals surface area contributed by atoms with Gasteiger partial charge in [0.15, 0.2) is 0 Å². The van der Waals surface area contributed by atoms with Gasteiger partial charge in [-0.1, -0.05) is 12.1 Å². The maximum Gasteiger partial charge on any atom is 0.106 e. The van der Waals surface area contributed by atoms with E-state index in [0.29, 0.717) is 11.5 Å². The van der Waals surface area contributed by atoms with Crippen molar-refractivity contribution in [1.29, 1.82) is 0 Å². The topological polar surface area (TPSA) is 56.0 Å². The van der Waals surface area contributed by atoms with Crippen LogP contribution >= 0.6 is 11.3 Å². The Hall–Kier alpha value is -0.780. The lowest BCUT2D eigenvalue weighted by atomic mass is 10.1. The standard InChI is InChI=1S/C12H16N2OS2/c1-12(2,13)8-17(15)7-11-14-9-5-3-4-6-10(9)16-11/h3-6H,7-8,13H2,1-2H3. The summed E-state index contributed by atoms with van der Waals surface area (Å²) in [6.45, 7) is 3.78. The molecule has 0 spiro atoms. The number of nitrogens with zero attached hydrogens (tertiary/aromatic N) is 1. The van der Waals surface area contributed by atoms with Crippen LogP contribution in [0, 0.1) is 0 Å². The minimum Gasteiger partial charge on any atom is -0.325 e. The number of hydrogen-bond acceptors (Lipinski definition) is 4. The first kappa shape index (κ1) is 12.7. The molecule has 0 saturated heterocycles. The van der Waals surface area contributed by atoms with Gasteiger partial charge >= 0.3 is 0 Å². The van der Waals surface area contributed by atoms with Crippen LogP contribution in [-0.2, 0) is 16.6 Å². The van der Waals surface area contributed by atoms with E-state index < -0.39 is 10.8 Å². The van der Waals surface area contributed by atoms with E-state index in [0.717, 1.165) is 15.2 Å².